The van der Waals surface area contributed by atoms with Gasteiger partial charge in [-0.2, -0.15) is 0 Å². The second kappa shape index (κ2) is 3.13. The van der Waals surface area contributed by atoms with E-state index < -0.39 is 0 Å². The third-order valence-electron chi connectivity index (χ3n) is 1.57. The summed E-state index contributed by atoms with van der Waals surface area (Å²) in [7, 11) is 0. The molecule has 0 unspecified atom stereocenters. The van der Waals surface area contributed by atoms with Crippen LogP contribution < -0.4 is 0 Å². The molecule has 3 heteroatoms. The topological polar surface area (TPSA) is 36.0 Å². The van der Waals surface area contributed by atoms with Crippen LogP contribution in [0.1, 0.15) is 0 Å². The number of aromatic amines is 1. The smallest absolute Gasteiger partial charge is 0.124 e. The number of hydrogen-bond acceptors (Lipinski definition) is 1. The minimum absolute atomic E-state index is 0. The Morgan fingerprint density at radius 1 is 1.18 bits per heavy atom. The fraction of sp³-hybridized carbons (Fsp3) is 0. The maximum Gasteiger partial charge on any atom is 0.124 e. The Balaban J connectivity index is 0.000000605. The van der Waals surface area contributed by atoms with Gasteiger partial charge in [0.15, 0.2) is 0 Å². The summed E-state index contributed by atoms with van der Waals surface area (Å²) >= 11 is 0. The summed E-state index contributed by atoms with van der Waals surface area (Å²) in [6, 6.07) is 7.27. The Morgan fingerprint density at radius 3 is 2.73 bits per heavy atom. The van der Waals surface area contributed by atoms with E-state index in [2.05, 4.69) is 4.98 Å². The molecule has 1 aromatic heterocycles. The molecule has 2 nitrogen and oxygen atoms in total. The lowest BCUT2D eigenvalue weighted by atomic mass is 10.2. The second-order valence-electron chi connectivity index (χ2n) is 2.22. The minimum Gasteiger partial charge on any atom is -0.507 e. The van der Waals surface area contributed by atoms with Gasteiger partial charge in [0.1, 0.15) is 5.75 Å². The Morgan fingerprint density at radius 2 is 2.00 bits per heavy atom. The van der Waals surface area contributed by atoms with E-state index in [0.29, 0.717) is 5.75 Å². The Labute approximate surface area is 81.3 Å². The van der Waals surface area contributed by atoms with E-state index in [0.717, 1.165) is 10.9 Å². The average Bonchev–Trinajstić information content (AvgIpc) is 2.36. The maximum atomic E-state index is 9.24. The van der Waals surface area contributed by atoms with Crippen molar-refractivity contribution in [3.05, 3.63) is 30.5 Å². The van der Waals surface area contributed by atoms with Gasteiger partial charge in [-0.15, -0.1) is 24.0 Å². The van der Waals surface area contributed by atoms with E-state index in [1.54, 1.807) is 6.07 Å². The first-order chi connectivity index (χ1) is 4.88. The fourth-order valence-electron chi connectivity index (χ4n) is 1.07. The van der Waals surface area contributed by atoms with E-state index in [-0.39, 0.29) is 24.0 Å². The lowest BCUT2D eigenvalue weighted by molar-refractivity contribution is 0.482. The number of fused-ring (bicyclic) bond motifs is 1. The Kier molecular flexibility index (Phi) is 2.38. The van der Waals surface area contributed by atoms with Gasteiger partial charge < -0.3 is 10.1 Å². The molecule has 11 heavy (non-hydrogen) atoms. The number of halogens is 1. The first-order valence-corrected chi connectivity index (χ1v) is 3.13. The zero-order valence-electron chi connectivity index (χ0n) is 5.74. The molecule has 0 amide bonds. The van der Waals surface area contributed by atoms with E-state index in [4.69, 9.17) is 0 Å². The van der Waals surface area contributed by atoms with Crippen molar-refractivity contribution in [3.8, 4) is 5.75 Å². The average molecular weight is 261 g/mol. The van der Waals surface area contributed by atoms with Crippen LogP contribution in [0.5, 0.6) is 5.75 Å². The summed E-state index contributed by atoms with van der Waals surface area (Å²) < 4.78 is 0. The first kappa shape index (κ1) is 8.39. The molecular formula is C8H8INO. The van der Waals surface area contributed by atoms with E-state index in [1.807, 2.05) is 24.4 Å². The van der Waals surface area contributed by atoms with Crippen LogP contribution in [-0.2, 0) is 0 Å². The van der Waals surface area contributed by atoms with Crippen LogP contribution in [0.25, 0.3) is 10.9 Å². The molecule has 1 aromatic carbocycles. The molecule has 0 fully saturated rings. The molecule has 0 saturated carbocycles. The standard InChI is InChI=1S/C8H7NO.HI/c10-8-3-1-2-7-6(8)4-5-9-7;/h1-5,9-10H;1H. The number of H-pyrrole nitrogens is 1. The molecule has 0 atom stereocenters. The summed E-state index contributed by atoms with van der Waals surface area (Å²) in [5.74, 6) is 0.332. The lowest BCUT2D eigenvalue weighted by Crippen LogP contribution is -1.66. The molecule has 0 bridgehead atoms. The number of aromatic hydroxyl groups is 1. The number of phenols is 1. The summed E-state index contributed by atoms with van der Waals surface area (Å²) in [5, 5.41) is 10.1. The summed E-state index contributed by atoms with van der Waals surface area (Å²) in [6.45, 7) is 0. The molecule has 0 aliphatic carbocycles. The van der Waals surface area contributed by atoms with Crippen molar-refractivity contribution < 1.29 is 5.11 Å². The molecule has 0 spiro atoms. The molecular weight excluding hydrogens is 253 g/mol. The van der Waals surface area contributed by atoms with Crippen molar-refractivity contribution in [1.82, 2.24) is 4.98 Å². The highest BCUT2D eigenvalue weighted by Crippen LogP contribution is 2.22. The summed E-state index contributed by atoms with van der Waals surface area (Å²) in [5.41, 5.74) is 0.972. The van der Waals surface area contributed by atoms with Crippen LogP contribution in [-0.4, -0.2) is 10.1 Å². The molecule has 0 aliphatic rings. The monoisotopic (exact) mass is 261 g/mol. The summed E-state index contributed by atoms with van der Waals surface area (Å²) in [4.78, 5) is 3.00. The van der Waals surface area contributed by atoms with Gasteiger partial charge in [0.2, 0.25) is 0 Å². The number of aromatic nitrogens is 1. The van der Waals surface area contributed by atoms with Crippen LogP contribution in [0, 0.1) is 0 Å². The largest absolute Gasteiger partial charge is 0.507 e. The molecule has 0 aliphatic heterocycles. The van der Waals surface area contributed by atoms with Gasteiger partial charge in [-0.05, 0) is 18.2 Å². The van der Waals surface area contributed by atoms with E-state index in [9.17, 15) is 5.11 Å². The van der Waals surface area contributed by atoms with Crippen LogP contribution in [0.2, 0.25) is 0 Å². The van der Waals surface area contributed by atoms with Crippen molar-refractivity contribution >= 4 is 34.9 Å². The van der Waals surface area contributed by atoms with Gasteiger partial charge in [0.25, 0.3) is 0 Å². The molecule has 1 heterocycles. The number of rotatable bonds is 0. The molecule has 0 saturated heterocycles. The van der Waals surface area contributed by atoms with Crippen LogP contribution >= 0.6 is 24.0 Å². The first-order valence-electron chi connectivity index (χ1n) is 3.13. The highest BCUT2D eigenvalue weighted by atomic mass is 127. The Hall–Kier alpha value is -0.710. The molecule has 2 rings (SSSR count). The Bertz CT molecular complexity index is 356. The fourth-order valence-corrected chi connectivity index (χ4v) is 1.07. The zero-order valence-corrected chi connectivity index (χ0v) is 8.07. The predicted octanol–water partition coefficient (Wildman–Crippen LogP) is 2.49. The summed E-state index contributed by atoms with van der Waals surface area (Å²) in [6.07, 6.45) is 1.81. The van der Waals surface area contributed by atoms with Crippen molar-refractivity contribution in [1.29, 1.82) is 0 Å². The third-order valence-corrected chi connectivity index (χ3v) is 1.57. The zero-order chi connectivity index (χ0) is 6.97. The number of phenolic OH excluding ortho intramolecular Hbond substituents is 1. The third kappa shape index (κ3) is 1.33. The quantitative estimate of drug-likeness (QED) is 0.702. The van der Waals surface area contributed by atoms with Crippen molar-refractivity contribution in [2.24, 2.45) is 0 Å². The van der Waals surface area contributed by atoms with Crippen LogP contribution in [0.3, 0.4) is 0 Å². The van der Waals surface area contributed by atoms with Crippen molar-refractivity contribution in [2.45, 2.75) is 0 Å². The van der Waals surface area contributed by atoms with Gasteiger partial charge in [0, 0.05) is 17.1 Å². The van der Waals surface area contributed by atoms with Gasteiger partial charge in [-0.3, -0.25) is 0 Å². The van der Waals surface area contributed by atoms with Crippen LogP contribution in [0.15, 0.2) is 30.5 Å². The minimum atomic E-state index is 0. The lowest BCUT2D eigenvalue weighted by Gasteiger charge is -1.91. The number of benzene rings is 1. The molecule has 2 aromatic rings. The van der Waals surface area contributed by atoms with Crippen molar-refractivity contribution in [2.75, 3.05) is 0 Å². The van der Waals surface area contributed by atoms with E-state index in [1.165, 1.54) is 0 Å². The molecule has 2 N–H and O–H groups in total. The SMILES string of the molecule is I.Oc1cccc2[nH]ccc12. The van der Waals surface area contributed by atoms with Gasteiger partial charge in [0.05, 0.1) is 0 Å². The van der Waals surface area contributed by atoms with Crippen LogP contribution in [0.4, 0.5) is 0 Å². The second-order valence-corrected chi connectivity index (χ2v) is 2.22. The normalized spacial score (nSPS) is 9.45. The van der Waals surface area contributed by atoms with Crippen molar-refractivity contribution in [3.63, 3.8) is 0 Å². The van der Waals surface area contributed by atoms with Gasteiger partial charge in [-0.25, -0.2) is 0 Å². The molecule has 0 radical (unpaired) electrons. The predicted molar refractivity (Wildman–Crippen MR) is 55.4 cm³/mol. The maximum absolute atomic E-state index is 9.24. The molecule has 58 valence electrons. The number of hydrogen-bond donors (Lipinski definition) is 2. The highest BCUT2D eigenvalue weighted by molar-refractivity contribution is 14.0. The van der Waals surface area contributed by atoms with Gasteiger partial charge >= 0.3 is 0 Å². The van der Waals surface area contributed by atoms with Gasteiger partial charge in [-0.1, -0.05) is 6.07 Å². The van der Waals surface area contributed by atoms with E-state index >= 15 is 0 Å². The number of nitrogens with one attached hydrogen (secondary N) is 1. The highest BCUT2D eigenvalue weighted by Gasteiger charge is 1.96.